The minimum atomic E-state index is -1.07. The van der Waals surface area contributed by atoms with E-state index in [0.717, 1.165) is 0 Å². The maximum atomic E-state index is 11.2. The van der Waals surface area contributed by atoms with Gasteiger partial charge in [0, 0.05) is 13.7 Å². The Balaban J connectivity index is 3.91. The van der Waals surface area contributed by atoms with Crippen LogP contribution in [0.5, 0.6) is 0 Å². The number of carboxylic acids is 1. The first kappa shape index (κ1) is 12.9. The smallest absolute Gasteiger partial charge is 0.325 e. The van der Waals surface area contributed by atoms with Gasteiger partial charge in [-0.2, -0.15) is 0 Å². The monoisotopic (exact) mass is 204 g/mol. The van der Waals surface area contributed by atoms with Crippen LogP contribution in [0.3, 0.4) is 0 Å². The molecule has 0 aliphatic heterocycles. The maximum absolute atomic E-state index is 11.2. The summed E-state index contributed by atoms with van der Waals surface area (Å²) in [4.78, 5) is 21.6. The second-order valence-electron chi connectivity index (χ2n) is 2.92. The lowest BCUT2D eigenvalue weighted by molar-refractivity contribution is -0.141. The fourth-order valence-electron chi connectivity index (χ4n) is 0.832. The zero-order chi connectivity index (χ0) is 11.1. The Bertz CT molecular complexity index is 204. The van der Waals surface area contributed by atoms with E-state index in [4.69, 9.17) is 15.6 Å². The molecule has 6 nitrogen and oxygen atoms in total. The van der Waals surface area contributed by atoms with Crippen LogP contribution in [0.15, 0.2) is 0 Å². The summed E-state index contributed by atoms with van der Waals surface area (Å²) >= 11 is 0. The maximum Gasteiger partial charge on any atom is 0.325 e. The van der Waals surface area contributed by atoms with Gasteiger partial charge in [-0.25, -0.2) is 0 Å². The minimum absolute atomic E-state index is 0.0740. The second kappa shape index (κ2) is 6.33. The molecule has 0 aliphatic carbocycles. The predicted octanol–water partition coefficient (Wildman–Crippen LogP) is -1.06. The molecule has 1 amide bonds. The number of carbonyl (C=O) groups excluding carboxylic acids is 1. The number of methoxy groups -OCH3 is 1. The molecular weight excluding hydrogens is 188 g/mol. The molecule has 0 aromatic carbocycles. The molecule has 0 aromatic rings. The lowest BCUT2D eigenvalue weighted by atomic mass is 10.2. The number of amides is 1. The van der Waals surface area contributed by atoms with Crippen molar-refractivity contribution < 1.29 is 19.4 Å². The molecule has 0 spiro atoms. The Morgan fingerprint density at radius 2 is 2.14 bits per heavy atom. The molecule has 4 N–H and O–H groups in total. The van der Waals surface area contributed by atoms with Crippen LogP contribution in [0.1, 0.15) is 13.3 Å². The Labute approximate surface area is 82.4 Å². The fraction of sp³-hybridized carbons (Fsp3) is 0.750. The van der Waals surface area contributed by atoms with Gasteiger partial charge in [-0.1, -0.05) is 0 Å². The lowest BCUT2D eigenvalue weighted by Crippen LogP contribution is -2.40. The number of hydrogen-bond acceptors (Lipinski definition) is 4. The van der Waals surface area contributed by atoms with E-state index in [1.165, 1.54) is 14.0 Å². The van der Waals surface area contributed by atoms with Crippen LogP contribution in [0, 0.1) is 0 Å². The number of aliphatic carboxylic acids is 1. The van der Waals surface area contributed by atoms with E-state index in [2.05, 4.69) is 5.32 Å². The first-order valence-corrected chi connectivity index (χ1v) is 4.26. The van der Waals surface area contributed by atoms with Gasteiger partial charge in [0.15, 0.2) is 0 Å². The molecule has 0 saturated heterocycles. The average Bonchev–Trinajstić information content (AvgIpc) is 2.13. The first-order chi connectivity index (χ1) is 6.51. The molecular formula is C8H16N2O4. The van der Waals surface area contributed by atoms with Gasteiger partial charge in [0.2, 0.25) is 5.91 Å². The SMILES string of the molecule is COC(CN)CC(=O)N[C@@H](C)C(=O)O. The van der Waals surface area contributed by atoms with Crippen LogP contribution >= 0.6 is 0 Å². The zero-order valence-electron chi connectivity index (χ0n) is 8.32. The molecule has 14 heavy (non-hydrogen) atoms. The third-order valence-electron chi connectivity index (χ3n) is 1.76. The number of ether oxygens (including phenoxy) is 1. The van der Waals surface area contributed by atoms with Gasteiger partial charge >= 0.3 is 5.97 Å². The highest BCUT2D eigenvalue weighted by Crippen LogP contribution is 1.95. The highest BCUT2D eigenvalue weighted by Gasteiger charge is 2.16. The number of carbonyl (C=O) groups is 2. The van der Waals surface area contributed by atoms with Gasteiger partial charge < -0.3 is 20.9 Å². The molecule has 0 aliphatic rings. The van der Waals surface area contributed by atoms with E-state index in [1.54, 1.807) is 0 Å². The second-order valence-corrected chi connectivity index (χ2v) is 2.92. The summed E-state index contributed by atoms with van der Waals surface area (Å²) in [7, 11) is 1.45. The highest BCUT2D eigenvalue weighted by atomic mass is 16.5. The summed E-state index contributed by atoms with van der Waals surface area (Å²) in [6.45, 7) is 1.62. The molecule has 0 saturated carbocycles. The Hall–Kier alpha value is -1.14. The number of hydrogen-bond donors (Lipinski definition) is 3. The molecule has 6 heteroatoms. The third kappa shape index (κ3) is 4.78. The summed E-state index contributed by atoms with van der Waals surface area (Å²) in [6.07, 6.45) is -0.291. The van der Waals surface area contributed by atoms with Gasteiger partial charge in [0.05, 0.1) is 12.5 Å². The first-order valence-electron chi connectivity index (χ1n) is 4.26. The van der Waals surface area contributed by atoms with Gasteiger partial charge in [0.25, 0.3) is 0 Å². The van der Waals surface area contributed by atoms with Crippen molar-refractivity contribution in [3.63, 3.8) is 0 Å². The standard InChI is InChI=1S/C8H16N2O4/c1-5(8(12)13)10-7(11)3-6(4-9)14-2/h5-6H,3-4,9H2,1-2H3,(H,10,11)(H,12,13)/t5-,6?/m0/s1. The van der Waals surface area contributed by atoms with Gasteiger partial charge in [-0.15, -0.1) is 0 Å². The van der Waals surface area contributed by atoms with E-state index in [9.17, 15) is 9.59 Å². The van der Waals surface area contributed by atoms with Crippen molar-refractivity contribution in [3.8, 4) is 0 Å². The van der Waals surface area contributed by atoms with Crippen molar-refractivity contribution in [1.82, 2.24) is 5.32 Å². The van der Waals surface area contributed by atoms with Crippen molar-refractivity contribution in [2.24, 2.45) is 5.73 Å². The van der Waals surface area contributed by atoms with Gasteiger partial charge in [-0.05, 0) is 6.92 Å². The normalized spacial score (nSPS) is 14.5. The molecule has 0 radical (unpaired) electrons. The average molecular weight is 204 g/mol. The molecule has 2 atom stereocenters. The summed E-state index contributed by atoms with van der Waals surface area (Å²) < 4.78 is 4.88. The van der Waals surface area contributed by atoms with Gasteiger partial charge in [-0.3, -0.25) is 9.59 Å². The number of nitrogens with one attached hydrogen (secondary N) is 1. The van der Waals surface area contributed by atoms with Crippen LogP contribution in [0.2, 0.25) is 0 Å². The Kier molecular flexibility index (Phi) is 5.82. The van der Waals surface area contributed by atoms with Crippen molar-refractivity contribution in [1.29, 1.82) is 0 Å². The van der Waals surface area contributed by atoms with E-state index in [0.29, 0.717) is 0 Å². The largest absolute Gasteiger partial charge is 0.480 e. The zero-order valence-corrected chi connectivity index (χ0v) is 8.32. The van der Waals surface area contributed by atoms with Crippen LogP contribution in [-0.4, -0.2) is 42.8 Å². The number of carboxylic acid groups (broad SMARTS) is 1. The predicted molar refractivity (Wildman–Crippen MR) is 49.7 cm³/mol. The number of rotatable bonds is 6. The Morgan fingerprint density at radius 1 is 1.57 bits per heavy atom. The molecule has 1 unspecified atom stereocenters. The third-order valence-corrected chi connectivity index (χ3v) is 1.76. The Morgan fingerprint density at radius 3 is 2.50 bits per heavy atom. The van der Waals surface area contributed by atoms with Crippen LogP contribution in [0.4, 0.5) is 0 Å². The summed E-state index contributed by atoms with van der Waals surface area (Å²) in [5, 5.41) is 10.8. The van der Waals surface area contributed by atoms with Crippen molar-refractivity contribution in [3.05, 3.63) is 0 Å². The van der Waals surface area contributed by atoms with E-state index < -0.39 is 12.0 Å². The molecule has 0 rings (SSSR count). The van der Waals surface area contributed by atoms with Crippen molar-refractivity contribution in [2.45, 2.75) is 25.5 Å². The lowest BCUT2D eigenvalue weighted by Gasteiger charge is -2.14. The molecule has 82 valence electrons. The van der Waals surface area contributed by atoms with E-state index in [1.807, 2.05) is 0 Å². The molecule has 0 heterocycles. The van der Waals surface area contributed by atoms with Crippen molar-refractivity contribution in [2.75, 3.05) is 13.7 Å². The van der Waals surface area contributed by atoms with Crippen LogP contribution < -0.4 is 11.1 Å². The molecule has 0 aromatic heterocycles. The van der Waals surface area contributed by atoms with Gasteiger partial charge in [0.1, 0.15) is 6.04 Å². The fourth-order valence-corrected chi connectivity index (χ4v) is 0.832. The summed E-state index contributed by atoms with van der Waals surface area (Å²) in [5.41, 5.74) is 5.30. The minimum Gasteiger partial charge on any atom is -0.480 e. The van der Waals surface area contributed by atoms with Crippen LogP contribution in [-0.2, 0) is 14.3 Å². The molecule has 0 fully saturated rings. The van der Waals surface area contributed by atoms with Crippen LogP contribution in [0.25, 0.3) is 0 Å². The van der Waals surface area contributed by atoms with Crippen molar-refractivity contribution >= 4 is 11.9 Å². The topological polar surface area (TPSA) is 102 Å². The summed E-state index contributed by atoms with van der Waals surface area (Å²) in [5.74, 6) is -1.45. The highest BCUT2D eigenvalue weighted by molar-refractivity contribution is 5.83. The molecule has 0 bridgehead atoms. The van der Waals surface area contributed by atoms with E-state index in [-0.39, 0.29) is 25.0 Å². The van der Waals surface area contributed by atoms with E-state index >= 15 is 0 Å². The number of nitrogens with two attached hydrogens (primary N) is 1. The quantitative estimate of drug-likeness (QED) is 0.512. The summed E-state index contributed by atoms with van der Waals surface area (Å²) in [6, 6.07) is -0.891.